The van der Waals surface area contributed by atoms with Crippen molar-refractivity contribution in [2.45, 2.75) is 12.8 Å². The topological polar surface area (TPSA) is 81.8 Å². The molecule has 5 rings (SSSR count). The number of methoxy groups -OCH3 is 1. The molecule has 0 bridgehead atoms. The second-order valence-electron chi connectivity index (χ2n) is 8.74. The smallest absolute Gasteiger partial charge is 0.416 e. The van der Waals surface area contributed by atoms with Gasteiger partial charge < -0.3 is 18.9 Å². The lowest BCUT2D eigenvalue weighted by Crippen LogP contribution is -2.38. The van der Waals surface area contributed by atoms with Crippen LogP contribution in [0.25, 0.3) is 16.0 Å². The fourth-order valence-corrected chi connectivity index (χ4v) is 5.20. The molecule has 1 saturated heterocycles. The van der Waals surface area contributed by atoms with Crippen molar-refractivity contribution < 1.29 is 32.1 Å². The number of hydrogen-bond donors (Lipinski definition) is 0. The maximum atomic E-state index is 13.4. The molecule has 3 heterocycles. The van der Waals surface area contributed by atoms with Gasteiger partial charge >= 0.3 is 6.18 Å². The summed E-state index contributed by atoms with van der Waals surface area (Å²) in [6, 6.07) is 12.5. The average Bonchev–Trinajstić information content (AvgIpc) is 3.55. The molecule has 2 aromatic carbocycles. The van der Waals surface area contributed by atoms with Crippen LogP contribution in [0.2, 0.25) is 0 Å². The van der Waals surface area contributed by atoms with E-state index in [-0.39, 0.29) is 22.8 Å². The number of alkyl halides is 3. The fraction of sp³-hybridized carbons (Fsp3) is 0.333. The zero-order valence-electron chi connectivity index (χ0n) is 21.0. The maximum Gasteiger partial charge on any atom is 0.416 e. The van der Waals surface area contributed by atoms with E-state index in [0.717, 1.165) is 50.3 Å². The van der Waals surface area contributed by atoms with Crippen LogP contribution in [0, 0.1) is 11.3 Å². The summed E-state index contributed by atoms with van der Waals surface area (Å²) in [5.74, 6) is 1.30. The molecule has 1 fully saturated rings. The summed E-state index contributed by atoms with van der Waals surface area (Å²) in [7, 11) is 1.56. The van der Waals surface area contributed by atoms with E-state index in [1.165, 1.54) is 18.2 Å². The van der Waals surface area contributed by atoms with Crippen LogP contribution in [0.5, 0.6) is 17.2 Å². The number of imidazole rings is 1. The van der Waals surface area contributed by atoms with Gasteiger partial charge in [0.05, 0.1) is 36.9 Å². The van der Waals surface area contributed by atoms with Crippen LogP contribution in [-0.2, 0) is 17.5 Å². The zero-order chi connectivity index (χ0) is 27.4. The summed E-state index contributed by atoms with van der Waals surface area (Å²) >= 11 is 1.15. The number of ether oxygens (including phenoxy) is 4. The Morgan fingerprint density at radius 2 is 1.87 bits per heavy atom. The van der Waals surface area contributed by atoms with Gasteiger partial charge in [0.1, 0.15) is 35.5 Å². The quantitative estimate of drug-likeness (QED) is 0.277. The van der Waals surface area contributed by atoms with Crippen LogP contribution in [0.3, 0.4) is 0 Å². The number of rotatable bonds is 9. The van der Waals surface area contributed by atoms with Crippen molar-refractivity contribution in [1.82, 2.24) is 14.5 Å². The van der Waals surface area contributed by atoms with Crippen LogP contribution < -0.4 is 14.2 Å². The Kier molecular flexibility index (Phi) is 7.92. The van der Waals surface area contributed by atoms with Crippen molar-refractivity contribution in [2.75, 3.05) is 46.6 Å². The zero-order valence-corrected chi connectivity index (χ0v) is 21.8. The first-order chi connectivity index (χ1) is 18.9. The first-order valence-corrected chi connectivity index (χ1v) is 13.0. The normalized spacial score (nSPS) is 14.3. The number of nitrogens with zero attached hydrogens (tertiary/aromatic N) is 4. The highest BCUT2D eigenvalue weighted by molar-refractivity contribution is 7.15. The highest BCUT2D eigenvalue weighted by Crippen LogP contribution is 2.38. The first-order valence-electron chi connectivity index (χ1n) is 12.2. The van der Waals surface area contributed by atoms with Crippen molar-refractivity contribution in [2.24, 2.45) is 0 Å². The molecule has 8 nitrogen and oxygen atoms in total. The molecule has 0 N–H and O–H groups in total. The third kappa shape index (κ3) is 5.95. The van der Waals surface area contributed by atoms with Gasteiger partial charge in [0, 0.05) is 43.4 Å². The standard InChI is InChI=1S/C27H25F3N4O4S/c1-35-22-13-21-20(12-23(22)37-11-8-33-6-9-36-10-7-33)32-17-34(21)26-14-24(25(15-31)39-26)38-16-18-4-2-3-5-19(18)27(28,29)30/h2-5,12-14,17H,6-11,16H2,1H3. The van der Waals surface area contributed by atoms with Gasteiger partial charge in [-0.15, -0.1) is 11.3 Å². The Morgan fingerprint density at radius 1 is 1.08 bits per heavy atom. The molecule has 39 heavy (non-hydrogen) atoms. The molecule has 1 aliphatic rings. The molecule has 0 amide bonds. The Hall–Kier alpha value is -3.79. The highest BCUT2D eigenvalue weighted by atomic mass is 32.1. The molecule has 12 heteroatoms. The summed E-state index contributed by atoms with van der Waals surface area (Å²) < 4.78 is 64.5. The molecule has 0 unspecified atom stereocenters. The van der Waals surface area contributed by atoms with Gasteiger partial charge in [-0.05, 0) is 6.07 Å². The van der Waals surface area contributed by atoms with Crippen LogP contribution in [0.4, 0.5) is 13.2 Å². The van der Waals surface area contributed by atoms with Crippen LogP contribution in [0.1, 0.15) is 16.0 Å². The van der Waals surface area contributed by atoms with E-state index in [4.69, 9.17) is 18.9 Å². The molecule has 204 valence electrons. The Morgan fingerprint density at radius 3 is 2.62 bits per heavy atom. The Balaban J connectivity index is 1.35. The number of aromatic nitrogens is 2. The van der Waals surface area contributed by atoms with E-state index in [0.29, 0.717) is 34.1 Å². The predicted octanol–water partition coefficient (Wildman–Crippen LogP) is 5.28. The van der Waals surface area contributed by atoms with Crippen molar-refractivity contribution in [3.63, 3.8) is 0 Å². The van der Waals surface area contributed by atoms with Crippen LogP contribution in [0.15, 0.2) is 48.8 Å². The SMILES string of the molecule is COc1cc2c(cc1OCCN1CCOCC1)ncn2-c1cc(OCc2ccccc2C(F)(F)F)c(C#N)s1. The van der Waals surface area contributed by atoms with Crippen molar-refractivity contribution >= 4 is 22.4 Å². The number of benzene rings is 2. The van der Waals surface area contributed by atoms with Crippen LogP contribution >= 0.6 is 11.3 Å². The minimum Gasteiger partial charge on any atom is -0.493 e. The minimum absolute atomic E-state index is 0.0133. The molecular weight excluding hydrogens is 533 g/mol. The molecule has 4 aromatic rings. The van der Waals surface area contributed by atoms with Gasteiger partial charge in [0.2, 0.25) is 0 Å². The van der Waals surface area contributed by atoms with E-state index in [1.807, 2.05) is 0 Å². The van der Waals surface area contributed by atoms with Gasteiger partial charge in [-0.1, -0.05) is 18.2 Å². The Bertz CT molecular complexity index is 1490. The molecule has 2 aromatic heterocycles. The molecule has 1 aliphatic heterocycles. The summed E-state index contributed by atoms with van der Waals surface area (Å²) in [5.41, 5.74) is 0.591. The number of fused-ring (bicyclic) bond motifs is 1. The van der Waals surface area contributed by atoms with Gasteiger partial charge in [-0.3, -0.25) is 9.47 Å². The van der Waals surface area contributed by atoms with E-state index in [2.05, 4.69) is 16.0 Å². The van der Waals surface area contributed by atoms with Crippen molar-refractivity contribution in [1.29, 1.82) is 5.26 Å². The third-order valence-electron chi connectivity index (χ3n) is 6.33. The second kappa shape index (κ2) is 11.5. The lowest BCUT2D eigenvalue weighted by molar-refractivity contribution is -0.138. The van der Waals surface area contributed by atoms with Gasteiger partial charge in [-0.2, -0.15) is 18.4 Å². The number of thiophene rings is 1. The predicted molar refractivity (Wildman–Crippen MR) is 139 cm³/mol. The second-order valence-corrected chi connectivity index (χ2v) is 9.77. The van der Waals surface area contributed by atoms with Gasteiger partial charge in [0.15, 0.2) is 17.2 Å². The lowest BCUT2D eigenvalue weighted by Gasteiger charge is -2.26. The monoisotopic (exact) mass is 558 g/mol. The fourth-order valence-electron chi connectivity index (χ4n) is 4.32. The average molecular weight is 559 g/mol. The summed E-state index contributed by atoms with van der Waals surface area (Å²) in [5, 5.41) is 10.3. The van der Waals surface area contributed by atoms with E-state index < -0.39 is 11.7 Å². The van der Waals surface area contributed by atoms with Gasteiger partial charge in [-0.25, -0.2) is 4.98 Å². The number of nitriles is 1. The summed E-state index contributed by atoms with van der Waals surface area (Å²) in [6.45, 7) is 4.10. The molecule has 0 spiro atoms. The van der Waals surface area contributed by atoms with Crippen molar-refractivity contribution in [3.8, 4) is 28.3 Å². The molecule has 0 atom stereocenters. The highest BCUT2D eigenvalue weighted by Gasteiger charge is 2.33. The summed E-state index contributed by atoms with van der Waals surface area (Å²) in [4.78, 5) is 7.00. The molecule has 0 saturated carbocycles. The molecular formula is C27H25F3N4O4S. The largest absolute Gasteiger partial charge is 0.493 e. The number of halogens is 3. The van der Waals surface area contributed by atoms with Crippen LogP contribution in [-0.4, -0.2) is 61.0 Å². The molecule has 0 radical (unpaired) electrons. The number of hydrogen-bond acceptors (Lipinski definition) is 8. The maximum absolute atomic E-state index is 13.4. The van der Waals surface area contributed by atoms with E-state index >= 15 is 0 Å². The minimum atomic E-state index is -4.50. The molecule has 0 aliphatic carbocycles. The van der Waals surface area contributed by atoms with E-state index in [1.54, 1.807) is 36.2 Å². The lowest BCUT2D eigenvalue weighted by atomic mass is 10.1. The van der Waals surface area contributed by atoms with Gasteiger partial charge in [0.25, 0.3) is 0 Å². The third-order valence-corrected chi connectivity index (χ3v) is 7.35. The first kappa shape index (κ1) is 26.8. The summed E-state index contributed by atoms with van der Waals surface area (Å²) in [6.07, 6.45) is -2.89. The van der Waals surface area contributed by atoms with Crippen molar-refractivity contribution in [3.05, 3.63) is 64.8 Å². The Labute approximate surface area is 226 Å². The number of morpholine rings is 1. The van der Waals surface area contributed by atoms with E-state index in [9.17, 15) is 18.4 Å².